The van der Waals surface area contributed by atoms with Crippen LogP contribution in [0.1, 0.15) is 0 Å². The van der Waals surface area contributed by atoms with Gasteiger partial charge in [0, 0.05) is 32.7 Å². The van der Waals surface area contributed by atoms with Crippen LogP contribution in [0.15, 0.2) is 168 Å². The Labute approximate surface area is 297 Å². The fraction of sp³-hybridized carbons (Fsp3) is 0. The molecule has 0 aliphatic rings. The molecule has 52 heavy (non-hydrogen) atoms. The lowest BCUT2D eigenvalue weighted by molar-refractivity contribution is 0.669. The smallest absolute Gasteiger partial charge is 0.159 e. The Morgan fingerprint density at radius 2 is 1.00 bits per heavy atom. The summed E-state index contributed by atoms with van der Waals surface area (Å²) in [4.78, 5) is 10.3. The van der Waals surface area contributed by atoms with Crippen molar-refractivity contribution in [2.75, 3.05) is 0 Å². The van der Waals surface area contributed by atoms with E-state index in [0.29, 0.717) is 5.82 Å². The van der Waals surface area contributed by atoms with Gasteiger partial charge in [-0.3, -0.25) is 0 Å². The standard InChI is InChI=1S/C48H27N3O/c1-3-13-28(14-4-1)47-40(27-49-48(50-47)29-15-5-2-6-16-29)51-38-23-9-7-17-32(38)45-34-21-11-19-30-31-20-12-22-35-44(31)37(36(43(30)34)25-39(45)51)26-42-46(35)33-18-8-10-24-41(33)52-42/h1-27H. The molecule has 3 aromatic heterocycles. The molecule has 0 bridgehead atoms. The number of hydrogen-bond acceptors (Lipinski definition) is 3. The van der Waals surface area contributed by atoms with E-state index in [2.05, 4.69) is 138 Å². The second-order valence-corrected chi connectivity index (χ2v) is 13.7. The van der Waals surface area contributed by atoms with E-state index < -0.39 is 0 Å². The summed E-state index contributed by atoms with van der Waals surface area (Å²) in [6.45, 7) is 0. The molecule has 0 saturated heterocycles. The molecule has 0 atom stereocenters. The zero-order valence-corrected chi connectivity index (χ0v) is 27.8. The van der Waals surface area contributed by atoms with Gasteiger partial charge in [-0.2, -0.15) is 0 Å². The average molecular weight is 662 g/mol. The topological polar surface area (TPSA) is 43.9 Å². The number of benzene rings is 9. The molecule has 0 unspecified atom stereocenters. The first-order valence-corrected chi connectivity index (χ1v) is 17.7. The molecular formula is C48H27N3O. The number of fused-ring (bicyclic) bond motifs is 10. The molecule has 0 aliphatic heterocycles. The van der Waals surface area contributed by atoms with Crippen molar-refractivity contribution in [1.82, 2.24) is 14.5 Å². The molecule has 12 aromatic rings. The van der Waals surface area contributed by atoms with Crippen LogP contribution in [0.5, 0.6) is 0 Å². The Kier molecular flexibility index (Phi) is 5.47. The second-order valence-electron chi connectivity index (χ2n) is 13.7. The minimum absolute atomic E-state index is 0.701. The maximum absolute atomic E-state index is 6.57. The van der Waals surface area contributed by atoms with E-state index >= 15 is 0 Å². The normalized spacial score (nSPS) is 12.2. The monoisotopic (exact) mass is 661 g/mol. The molecule has 0 radical (unpaired) electrons. The summed E-state index contributed by atoms with van der Waals surface area (Å²) in [5.41, 5.74) is 7.90. The highest BCUT2D eigenvalue weighted by Crippen LogP contribution is 2.48. The Balaban J connectivity index is 1.28. The predicted molar refractivity (Wildman–Crippen MR) is 216 cm³/mol. The van der Waals surface area contributed by atoms with Crippen LogP contribution >= 0.6 is 0 Å². The third kappa shape index (κ3) is 3.65. The highest BCUT2D eigenvalue weighted by atomic mass is 16.3. The molecule has 0 spiro atoms. The molecule has 12 rings (SSSR count). The van der Waals surface area contributed by atoms with Crippen LogP contribution in [0.25, 0.3) is 115 Å². The van der Waals surface area contributed by atoms with E-state index in [-0.39, 0.29) is 0 Å². The third-order valence-corrected chi connectivity index (χ3v) is 11.0. The van der Waals surface area contributed by atoms with Gasteiger partial charge in [0.1, 0.15) is 11.2 Å². The van der Waals surface area contributed by atoms with Gasteiger partial charge in [0.25, 0.3) is 0 Å². The van der Waals surface area contributed by atoms with Gasteiger partial charge in [0.15, 0.2) is 5.82 Å². The van der Waals surface area contributed by atoms with Crippen LogP contribution in [0.2, 0.25) is 0 Å². The largest absolute Gasteiger partial charge is 0.456 e. The molecule has 0 amide bonds. The first-order chi connectivity index (χ1) is 25.8. The van der Waals surface area contributed by atoms with Gasteiger partial charge in [0.2, 0.25) is 0 Å². The van der Waals surface area contributed by atoms with E-state index in [9.17, 15) is 0 Å². The van der Waals surface area contributed by atoms with Gasteiger partial charge in [-0.05, 0) is 67.4 Å². The van der Waals surface area contributed by atoms with E-state index in [1.165, 1.54) is 59.2 Å². The molecule has 0 fully saturated rings. The number of furan rings is 1. The van der Waals surface area contributed by atoms with E-state index in [0.717, 1.165) is 50.1 Å². The second kappa shape index (κ2) is 10.3. The summed E-state index contributed by atoms with van der Waals surface area (Å²) in [7, 11) is 0. The lowest BCUT2D eigenvalue weighted by Crippen LogP contribution is -2.02. The van der Waals surface area contributed by atoms with Crippen molar-refractivity contribution in [2.45, 2.75) is 0 Å². The molecule has 0 saturated carbocycles. The summed E-state index contributed by atoms with van der Waals surface area (Å²) in [6.07, 6.45) is 2.00. The SMILES string of the molecule is c1ccc(-c2ncc(-n3c4ccccc4c4c5cccc6c7cccc8c9c(cc(c(cc43)c65)c78)oc3ccccc39)c(-c3ccccc3)n2)cc1. The number of para-hydroxylation sites is 2. The number of nitrogens with zero attached hydrogens (tertiary/aromatic N) is 3. The lowest BCUT2D eigenvalue weighted by Gasteiger charge is -2.17. The Bertz CT molecular complexity index is 3390. The van der Waals surface area contributed by atoms with E-state index in [4.69, 9.17) is 14.4 Å². The van der Waals surface area contributed by atoms with Crippen molar-refractivity contribution in [2.24, 2.45) is 0 Å². The summed E-state index contributed by atoms with van der Waals surface area (Å²) in [6, 6.07) is 56.0. The van der Waals surface area contributed by atoms with Crippen LogP contribution in [-0.2, 0) is 0 Å². The number of aromatic nitrogens is 3. The molecule has 0 N–H and O–H groups in total. The van der Waals surface area contributed by atoms with Crippen molar-refractivity contribution >= 4 is 86.8 Å². The fourth-order valence-electron chi connectivity index (χ4n) is 8.84. The van der Waals surface area contributed by atoms with Gasteiger partial charge in [0.05, 0.1) is 28.6 Å². The first-order valence-electron chi connectivity index (χ1n) is 17.7. The third-order valence-electron chi connectivity index (χ3n) is 11.0. The molecule has 9 aromatic carbocycles. The van der Waals surface area contributed by atoms with Crippen molar-refractivity contribution < 1.29 is 4.42 Å². The maximum Gasteiger partial charge on any atom is 0.159 e. The summed E-state index contributed by atoms with van der Waals surface area (Å²) < 4.78 is 8.95. The van der Waals surface area contributed by atoms with Crippen molar-refractivity contribution in [3.05, 3.63) is 164 Å². The summed E-state index contributed by atoms with van der Waals surface area (Å²) in [5.74, 6) is 0.701. The van der Waals surface area contributed by atoms with Gasteiger partial charge < -0.3 is 8.98 Å². The van der Waals surface area contributed by atoms with Crippen molar-refractivity contribution in [3.63, 3.8) is 0 Å². The van der Waals surface area contributed by atoms with Gasteiger partial charge >= 0.3 is 0 Å². The first kappa shape index (κ1) is 27.7. The molecule has 240 valence electrons. The van der Waals surface area contributed by atoms with Crippen molar-refractivity contribution in [1.29, 1.82) is 0 Å². The number of rotatable bonds is 3. The van der Waals surface area contributed by atoms with E-state index in [1.54, 1.807) is 0 Å². The van der Waals surface area contributed by atoms with Gasteiger partial charge in [-0.25, -0.2) is 9.97 Å². The van der Waals surface area contributed by atoms with E-state index in [1.807, 2.05) is 30.5 Å². The van der Waals surface area contributed by atoms with Crippen LogP contribution in [0, 0.1) is 0 Å². The summed E-state index contributed by atoms with van der Waals surface area (Å²) in [5, 5.41) is 14.6. The lowest BCUT2D eigenvalue weighted by atomic mass is 9.87. The zero-order chi connectivity index (χ0) is 33.9. The molecular weight excluding hydrogens is 635 g/mol. The molecule has 4 heteroatoms. The minimum Gasteiger partial charge on any atom is -0.456 e. The van der Waals surface area contributed by atoms with Crippen LogP contribution in [0.3, 0.4) is 0 Å². The van der Waals surface area contributed by atoms with Gasteiger partial charge in [-0.1, -0.05) is 133 Å². The van der Waals surface area contributed by atoms with Crippen LogP contribution in [-0.4, -0.2) is 14.5 Å². The molecule has 3 heterocycles. The predicted octanol–water partition coefficient (Wildman–Crippen LogP) is 12.9. The van der Waals surface area contributed by atoms with Gasteiger partial charge in [-0.15, -0.1) is 0 Å². The Morgan fingerprint density at radius 1 is 0.404 bits per heavy atom. The quantitative estimate of drug-likeness (QED) is 0.140. The van der Waals surface area contributed by atoms with Crippen LogP contribution in [0.4, 0.5) is 0 Å². The highest BCUT2D eigenvalue weighted by molar-refractivity contribution is 6.41. The fourth-order valence-corrected chi connectivity index (χ4v) is 8.84. The average Bonchev–Trinajstić information content (AvgIpc) is 3.76. The molecule has 4 nitrogen and oxygen atoms in total. The number of hydrogen-bond donors (Lipinski definition) is 0. The van der Waals surface area contributed by atoms with Crippen molar-refractivity contribution in [3.8, 4) is 28.3 Å². The Morgan fingerprint density at radius 3 is 1.77 bits per heavy atom. The summed E-state index contributed by atoms with van der Waals surface area (Å²) >= 11 is 0. The van der Waals surface area contributed by atoms with Crippen LogP contribution < -0.4 is 0 Å². The maximum atomic E-state index is 6.57. The zero-order valence-electron chi connectivity index (χ0n) is 27.8. The minimum atomic E-state index is 0.701. The Hall–Kier alpha value is -7.04. The highest BCUT2D eigenvalue weighted by Gasteiger charge is 2.24. The molecule has 0 aliphatic carbocycles.